The molecule has 40 heavy (non-hydrogen) atoms. The third-order valence-corrected chi connectivity index (χ3v) is 13.2. The van der Waals surface area contributed by atoms with Gasteiger partial charge < -0.3 is 5.11 Å². The Hall–Kier alpha value is -1.15. The standard InChI is InChI=1S/C38H62O2/c1-27(12-9-14-29(3)22-26-39)11-8-13-28(2)16-18-31-30(4)17-19-34-37(31,6)25-21-35-36(5)23-10-15-33(40)32(36)20-24-38(34,35)7/h12-13,22,30-32,34-35,39H,8-11,14-21,23-26H2,1-7H3/b27-12+,28-13+,29-22+/t30-,31-,32-,34+,35+,36-,37+,38-/m0/s1. The van der Waals surface area contributed by atoms with E-state index in [0.717, 1.165) is 68.6 Å². The number of aliphatic hydroxyl groups is 1. The van der Waals surface area contributed by atoms with Crippen molar-refractivity contribution in [3.8, 4) is 0 Å². The van der Waals surface area contributed by atoms with Crippen molar-refractivity contribution < 1.29 is 9.90 Å². The first kappa shape index (κ1) is 31.8. The number of fused-ring (bicyclic) bond motifs is 5. The first-order valence-electron chi connectivity index (χ1n) is 17.1. The minimum atomic E-state index is 0.153. The summed E-state index contributed by atoms with van der Waals surface area (Å²) in [6, 6.07) is 0. The van der Waals surface area contributed by atoms with Crippen molar-refractivity contribution in [1.29, 1.82) is 0 Å². The van der Waals surface area contributed by atoms with E-state index in [0.29, 0.717) is 22.5 Å². The largest absolute Gasteiger partial charge is 0.392 e. The van der Waals surface area contributed by atoms with Gasteiger partial charge in [-0.3, -0.25) is 4.79 Å². The van der Waals surface area contributed by atoms with Gasteiger partial charge in [-0.1, -0.05) is 69.1 Å². The van der Waals surface area contributed by atoms with Crippen molar-refractivity contribution in [3.05, 3.63) is 34.9 Å². The highest BCUT2D eigenvalue weighted by Gasteiger charge is 2.65. The van der Waals surface area contributed by atoms with Gasteiger partial charge in [-0.25, -0.2) is 0 Å². The van der Waals surface area contributed by atoms with Gasteiger partial charge in [0.15, 0.2) is 0 Å². The van der Waals surface area contributed by atoms with E-state index in [1.165, 1.54) is 62.5 Å². The highest BCUT2D eigenvalue weighted by molar-refractivity contribution is 5.82. The lowest BCUT2D eigenvalue weighted by atomic mass is 9.36. The van der Waals surface area contributed by atoms with Gasteiger partial charge in [0.1, 0.15) is 5.78 Å². The summed E-state index contributed by atoms with van der Waals surface area (Å²) < 4.78 is 0. The molecule has 0 radical (unpaired) electrons. The second kappa shape index (κ2) is 13.0. The van der Waals surface area contributed by atoms with Crippen LogP contribution in [0.4, 0.5) is 0 Å². The molecule has 0 heterocycles. The van der Waals surface area contributed by atoms with Crippen LogP contribution in [0.2, 0.25) is 0 Å². The zero-order chi connectivity index (χ0) is 29.1. The van der Waals surface area contributed by atoms with Crippen molar-refractivity contribution in [2.75, 3.05) is 6.61 Å². The van der Waals surface area contributed by atoms with Gasteiger partial charge in [-0.05, 0) is 144 Å². The van der Waals surface area contributed by atoms with Crippen molar-refractivity contribution in [2.24, 2.45) is 45.8 Å². The summed E-state index contributed by atoms with van der Waals surface area (Å²) in [6.07, 6.45) is 25.1. The van der Waals surface area contributed by atoms with Crippen molar-refractivity contribution >= 4 is 5.78 Å². The van der Waals surface area contributed by atoms with Crippen LogP contribution in [-0.2, 0) is 4.79 Å². The summed E-state index contributed by atoms with van der Waals surface area (Å²) in [5, 5.41) is 9.03. The number of rotatable bonds is 10. The summed E-state index contributed by atoms with van der Waals surface area (Å²) in [5.41, 5.74) is 5.47. The molecule has 2 nitrogen and oxygen atoms in total. The molecular formula is C38H62O2. The molecule has 0 aromatic heterocycles. The Labute approximate surface area is 247 Å². The first-order valence-corrected chi connectivity index (χ1v) is 17.1. The van der Waals surface area contributed by atoms with Crippen molar-refractivity contribution in [3.63, 3.8) is 0 Å². The van der Waals surface area contributed by atoms with Crippen LogP contribution in [0.25, 0.3) is 0 Å². The van der Waals surface area contributed by atoms with Gasteiger partial charge in [-0.15, -0.1) is 0 Å². The van der Waals surface area contributed by atoms with Gasteiger partial charge in [0.05, 0.1) is 6.61 Å². The van der Waals surface area contributed by atoms with E-state index in [1.54, 1.807) is 5.57 Å². The second-order valence-corrected chi connectivity index (χ2v) is 15.7. The van der Waals surface area contributed by atoms with Crippen molar-refractivity contribution in [1.82, 2.24) is 0 Å². The van der Waals surface area contributed by atoms with Crippen LogP contribution in [0.15, 0.2) is 34.9 Å². The van der Waals surface area contributed by atoms with Gasteiger partial charge in [-0.2, -0.15) is 0 Å². The summed E-state index contributed by atoms with van der Waals surface area (Å²) in [5.74, 6) is 4.15. The van der Waals surface area contributed by atoms with Crippen LogP contribution in [0.1, 0.15) is 145 Å². The van der Waals surface area contributed by atoms with Gasteiger partial charge in [0, 0.05) is 12.3 Å². The predicted octanol–water partition coefficient (Wildman–Crippen LogP) is 10.4. The van der Waals surface area contributed by atoms with Crippen LogP contribution >= 0.6 is 0 Å². The quantitative estimate of drug-likeness (QED) is 0.275. The van der Waals surface area contributed by atoms with Crippen LogP contribution in [0.3, 0.4) is 0 Å². The average molecular weight is 551 g/mol. The third kappa shape index (κ3) is 6.28. The Kier molecular flexibility index (Phi) is 10.3. The zero-order valence-electron chi connectivity index (χ0n) is 27.3. The molecule has 226 valence electrons. The molecule has 8 atom stereocenters. The number of ketones is 1. The molecule has 4 fully saturated rings. The van der Waals surface area contributed by atoms with E-state index < -0.39 is 0 Å². The van der Waals surface area contributed by atoms with Crippen LogP contribution < -0.4 is 0 Å². The molecule has 4 aliphatic carbocycles. The molecular weight excluding hydrogens is 488 g/mol. The number of allylic oxidation sites excluding steroid dienone is 5. The molecule has 0 aromatic rings. The average Bonchev–Trinajstić information content (AvgIpc) is 2.87. The molecule has 0 aliphatic heterocycles. The number of aliphatic hydroxyl groups excluding tert-OH is 1. The lowest BCUT2D eigenvalue weighted by Gasteiger charge is -2.68. The number of hydrogen-bond acceptors (Lipinski definition) is 2. The highest BCUT2D eigenvalue weighted by Crippen LogP contribution is 2.71. The predicted molar refractivity (Wildman–Crippen MR) is 170 cm³/mol. The first-order chi connectivity index (χ1) is 19.0. The molecule has 0 saturated heterocycles. The second-order valence-electron chi connectivity index (χ2n) is 15.7. The number of hydrogen-bond donors (Lipinski definition) is 1. The van der Waals surface area contributed by atoms with E-state index in [9.17, 15) is 4.79 Å². The maximum Gasteiger partial charge on any atom is 0.136 e. The maximum absolute atomic E-state index is 13.0. The Bertz CT molecular complexity index is 985. The summed E-state index contributed by atoms with van der Waals surface area (Å²) in [6.45, 7) is 17.4. The fourth-order valence-electron chi connectivity index (χ4n) is 11.0. The van der Waals surface area contributed by atoms with Crippen LogP contribution in [0, 0.1) is 45.8 Å². The van der Waals surface area contributed by atoms with Crippen LogP contribution in [-0.4, -0.2) is 17.5 Å². The SMILES string of the molecule is C/C(=C\CO)CC/C=C(\C)CC/C=C(\C)CC[C@H]1[C@@H](C)CC[C@H]2[C@]3(C)CC[C@H]4C(=O)CCC[C@]4(C)[C@H]3CC[C@@]21C. The minimum Gasteiger partial charge on any atom is -0.392 e. The van der Waals surface area contributed by atoms with Gasteiger partial charge in [0.25, 0.3) is 0 Å². The Morgan fingerprint density at radius 1 is 0.775 bits per heavy atom. The molecule has 0 spiro atoms. The fourth-order valence-corrected chi connectivity index (χ4v) is 11.0. The lowest BCUT2D eigenvalue weighted by Crippen LogP contribution is -2.62. The molecule has 0 unspecified atom stereocenters. The molecule has 0 aromatic carbocycles. The number of Topliss-reactive ketones (excluding diaryl/α,β-unsaturated/α-hetero) is 1. The lowest BCUT2D eigenvalue weighted by molar-refractivity contribution is -0.198. The number of carbonyl (C=O) groups excluding carboxylic acids is 1. The van der Waals surface area contributed by atoms with E-state index in [-0.39, 0.29) is 12.0 Å². The monoisotopic (exact) mass is 550 g/mol. The molecule has 1 N–H and O–H groups in total. The molecule has 2 heteroatoms. The van der Waals surface area contributed by atoms with Gasteiger partial charge >= 0.3 is 0 Å². The minimum absolute atomic E-state index is 0.153. The van der Waals surface area contributed by atoms with E-state index in [2.05, 4.69) is 60.6 Å². The zero-order valence-corrected chi connectivity index (χ0v) is 27.3. The van der Waals surface area contributed by atoms with Crippen LogP contribution in [0.5, 0.6) is 0 Å². The molecule has 4 saturated carbocycles. The summed E-state index contributed by atoms with van der Waals surface area (Å²) >= 11 is 0. The fraction of sp³-hybridized carbons (Fsp3) is 0.816. The van der Waals surface area contributed by atoms with Crippen molar-refractivity contribution in [2.45, 2.75) is 145 Å². The van der Waals surface area contributed by atoms with E-state index in [1.807, 2.05) is 6.08 Å². The van der Waals surface area contributed by atoms with E-state index >= 15 is 0 Å². The molecule has 4 rings (SSSR count). The Morgan fingerprint density at radius 2 is 1.38 bits per heavy atom. The smallest absolute Gasteiger partial charge is 0.136 e. The third-order valence-electron chi connectivity index (χ3n) is 13.2. The Balaban J connectivity index is 1.37. The Morgan fingerprint density at radius 3 is 2.05 bits per heavy atom. The maximum atomic E-state index is 13.0. The molecule has 4 aliphatic rings. The topological polar surface area (TPSA) is 37.3 Å². The normalized spacial score (nSPS) is 40.9. The highest BCUT2D eigenvalue weighted by atomic mass is 16.2. The molecule has 0 amide bonds. The molecule has 0 bridgehead atoms. The number of carbonyl (C=O) groups is 1. The summed E-state index contributed by atoms with van der Waals surface area (Å²) in [7, 11) is 0. The summed E-state index contributed by atoms with van der Waals surface area (Å²) in [4.78, 5) is 13.0. The van der Waals surface area contributed by atoms with Gasteiger partial charge in [0.2, 0.25) is 0 Å². The van der Waals surface area contributed by atoms with E-state index in [4.69, 9.17) is 5.11 Å².